The summed E-state index contributed by atoms with van der Waals surface area (Å²) in [6, 6.07) is 4.27. The summed E-state index contributed by atoms with van der Waals surface area (Å²) in [6.07, 6.45) is 11.2. The van der Waals surface area contributed by atoms with E-state index in [-0.39, 0.29) is 23.7 Å². The highest BCUT2D eigenvalue weighted by molar-refractivity contribution is 5.96. The van der Waals surface area contributed by atoms with Crippen LogP contribution in [0.15, 0.2) is 24.0 Å². The maximum Gasteiger partial charge on any atom is 0.311 e. The average Bonchev–Trinajstić information content (AvgIpc) is 2.83. The Labute approximate surface area is 203 Å². The highest BCUT2D eigenvalue weighted by Gasteiger charge is 2.56. The lowest BCUT2D eigenvalue weighted by atomic mass is 9.53. The third-order valence-corrected chi connectivity index (χ3v) is 8.14. The normalized spacial score (nSPS) is 25.8. The van der Waals surface area contributed by atoms with Crippen LogP contribution in [-0.4, -0.2) is 50.5 Å². The van der Waals surface area contributed by atoms with E-state index in [2.05, 4.69) is 24.9 Å². The molecule has 4 rings (SSSR count). The number of carbonyl (C=O) groups is 2. The van der Waals surface area contributed by atoms with Gasteiger partial charge >= 0.3 is 5.97 Å². The van der Waals surface area contributed by atoms with Crippen LogP contribution < -0.4 is 9.47 Å². The summed E-state index contributed by atoms with van der Waals surface area (Å²) in [6.45, 7) is 3.10. The van der Waals surface area contributed by atoms with Crippen molar-refractivity contribution in [2.45, 2.75) is 82.6 Å². The lowest BCUT2D eigenvalue weighted by molar-refractivity contribution is -0.134. The van der Waals surface area contributed by atoms with Crippen molar-refractivity contribution < 1.29 is 23.8 Å². The summed E-state index contributed by atoms with van der Waals surface area (Å²) in [4.78, 5) is 28.4. The van der Waals surface area contributed by atoms with Crippen LogP contribution in [0.25, 0.3) is 0 Å². The van der Waals surface area contributed by atoms with Gasteiger partial charge in [0, 0.05) is 35.8 Å². The highest BCUT2D eigenvalue weighted by Crippen LogP contribution is 2.58. The molecule has 2 bridgehead atoms. The van der Waals surface area contributed by atoms with Crippen molar-refractivity contribution in [2.24, 2.45) is 5.92 Å². The van der Waals surface area contributed by atoms with Crippen LogP contribution >= 0.6 is 0 Å². The van der Waals surface area contributed by atoms with Gasteiger partial charge in [0.2, 0.25) is 0 Å². The van der Waals surface area contributed by atoms with Gasteiger partial charge < -0.3 is 19.1 Å². The minimum atomic E-state index is -0.409. The number of fused-ring (bicyclic) bond motifs is 1. The summed E-state index contributed by atoms with van der Waals surface area (Å²) in [7, 11) is 5.33. The fourth-order valence-corrected chi connectivity index (χ4v) is 6.32. The Morgan fingerprint density at radius 2 is 1.88 bits per heavy atom. The SMILES string of the molecule is CCCCCCCCC(=O)Oc1c(OC)ccc2c1[C@@]13CCN(C)[C@@H](C2)[C@H]1C=C(OC)C(=O)C3. The number of ketones is 1. The van der Waals surface area contributed by atoms with Crippen LogP contribution in [0.2, 0.25) is 0 Å². The molecule has 6 nitrogen and oxygen atoms in total. The Hall–Kier alpha value is -2.34. The smallest absolute Gasteiger partial charge is 0.311 e. The van der Waals surface area contributed by atoms with Crippen molar-refractivity contribution in [3.05, 3.63) is 35.1 Å². The molecule has 1 aromatic rings. The molecule has 0 amide bonds. The average molecular weight is 470 g/mol. The van der Waals surface area contributed by atoms with Gasteiger partial charge in [0.1, 0.15) is 0 Å². The number of allylic oxidation sites excluding steroid dienone is 1. The van der Waals surface area contributed by atoms with Crippen LogP contribution in [0.4, 0.5) is 0 Å². The first-order valence-electron chi connectivity index (χ1n) is 12.9. The predicted molar refractivity (Wildman–Crippen MR) is 131 cm³/mol. The number of likely N-dealkylation sites (N-methyl/N-ethyl adjacent to an activating group) is 1. The molecule has 0 unspecified atom stereocenters. The second kappa shape index (κ2) is 10.5. The maximum absolute atomic E-state index is 13.1. The number of ether oxygens (including phenoxy) is 3. The first-order chi connectivity index (χ1) is 16.4. The standard InChI is InChI=1S/C28H39NO5/c1-5-6-7-8-9-10-11-25(31)34-27-23(32-3)13-12-19-16-21-20-17-24(33-4)22(30)18-28(20,26(19)27)14-15-29(21)2/h12-13,17,20-21H,5-11,14-16,18H2,1-4H3/t20-,21+,28-/m1/s1. The van der Waals surface area contributed by atoms with Crippen molar-refractivity contribution in [3.63, 3.8) is 0 Å². The molecule has 1 fully saturated rings. The fourth-order valence-electron chi connectivity index (χ4n) is 6.32. The van der Waals surface area contributed by atoms with Crippen LogP contribution in [-0.2, 0) is 26.2 Å². The number of methoxy groups -OCH3 is 2. The predicted octanol–water partition coefficient (Wildman–Crippen LogP) is 4.97. The molecule has 3 atom stereocenters. The summed E-state index contributed by atoms with van der Waals surface area (Å²) in [5, 5.41) is 0. The monoisotopic (exact) mass is 469 g/mol. The van der Waals surface area contributed by atoms with Crippen molar-refractivity contribution in [2.75, 3.05) is 27.8 Å². The van der Waals surface area contributed by atoms with E-state index in [1.54, 1.807) is 14.2 Å². The van der Waals surface area contributed by atoms with Crippen molar-refractivity contribution in [1.29, 1.82) is 0 Å². The van der Waals surface area contributed by atoms with Crippen molar-refractivity contribution >= 4 is 11.8 Å². The number of hydrogen-bond donors (Lipinski definition) is 0. The molecule has 3 aliphatic rings. The third-order valence-electron chi connectivity index (χ3n) is 8.14. The minimum absolute atomic E-state index is 0.0158. The molecule has 0 N–H and O–H groups in total. The van der Waals surface area contributed by atoms with Crippen molar-refractivity contribution in [3.8, 4) is 11.5 Å². The number of likely N-dealkylation sites (tertiary alicyclic amines) is 1. The van der Waals surface area contributed by atoms with Crippen LogP contribution in [0.3, 0.4) is 0 Å². The Bertz CT molecular complexity index is 954. The molecule has 2 aliphatic carbocycles. The molecule has 186 valence electrons. The van der Waals surface area contributed by atoms with E-state index in [9.17, 15) is 9.59 Å². The van der Waals surface area contributed by atoms with Gasteiger partial charge in [-0.1, -0.05) is 45.1 Å². The Kier molecular flexibility index (Phi) is 7.66. The largest absolute Gasteiger partial charge is 0.493 e. The number of Topliss-reactive ketones (excluding diaryl/α,β-unsaturated/α-hetero) is 1. The van der Waals surface area contributed by atoms with Gasteiger partial charge in [-0.25, -0.2) is 0 Å². The van der Waals surface area contributed by atoms with Gasteiger partial charge in [-0.2, -0.15) is 0 Å². The van der Waals surface area contributed by atoms with Crippen molar-refractivity contribution in [1.82, 2.24) is 4.90 Å². The van der Waals surface area contributed by atoms with E-state index in [1.165, 1.54) is 19.3 Å². The fraction of sp³-hybridized carbons (Fsp3) is 0.643. The Morgan fingerprint density at radius 3 is 2.62 bits per heavy atom. The zero-order valence-electron chi connectivity index (χ0n) is 21.2. The summed E-state index contributed by atoms with van der Waals surface area (Å²) >= 11 is 0. The maximum atomic E-state index is 13.1. The second-order valence-electron chi connectivity index (χ2n) is 10.1. The quantitative estimate of drug-likeness (QED) is 0.274. The Morgan fingerprint density at radius 1 is 1.12 bits per heavy atom. The summed E-state index contributed by atoms with van der Waals surface area (Å²) in [5.74, 6) is 1.45. The van der Waals surface area contributed by atoms with Gasteiger partial charge in [-0.15, -0.1) is 0 Å². The molecule has 0 saturated carbocycles. The molecule has 0 radical (unpaired) electrons. The van der Waals surface area contributed by atoms with Gasteiger partial charge in [0.25, 0.3) is 0 Å². The molecule has 1 heterocycles. The number of carbonyl (C=O) groups excluding carboxylic acids is 2. The van der Waals surface area contributed by atoms with Crippen LogP contribution in [0, 0.1) is 5.92 Å². The molecule has 6 heteroatoms. The third kappa shape index (κ3) is 4.49. The van der Waals surface area contributed by atoms with Gasteiger partial charge in [-0.3, -0.25) is 9.59 Å². The lowest BCUT2D eigenvalue weighted by Crippen LogP contribution is -2.60. The first kappa shape index (κ1) is 24.8. The number of piperidine rings is 1. The highest BCUT2D eigenvalue weighted by atomic mass is 16.6. The van der Waals surface area contributed by atoms with E-state index < -0.39 is 5.41 Å². The lowest BCUT2D eigenvalue weighted by Gasteiger charge is -2.56. The summed E-state index contributed by atoms with van der Waals surface area (Å²) < 4.78 is 17.2. The minimum Gasteiger partial charge on any atom is -0.493 e. The van der Waals surface area contributed by atoms with Gasteiger partial charge in [-0.05, 0) is 50.6 Å². The number of benzene rings is 1. The number of rotatable bonds is 10. The number of unbranched alkanes of at least 4 members (excludes halogenated alkanes) is 5. The number of nitrogens with zero attached hydrogens (tertiary/aromatic N) is 1. The zero-order valence-corrected chi connectivity index (χ0v) is 21.2. The second-order valence-corrected chi connectivity index (χ2v) is 10.1. The van der Waals surface area contributed by atoms with Crippen LogP contribution in [0.5, 0.6) is 11.5 Å². The molecule has 34 heavy (non-hydrogen) atoms. The van der Waals surface area contributed by atoms with E-state index in [1.807, 2.05) is 12.1 Å². The number of hydrogen-bond acceptors (Lipinski definition) is 6. The van der Waals surface area contributed by atoms with E-state index in [4.69, 9.17) is 14.2 Å². The van der Waals surface area contributed by atoms with Crippen LogP contribution in [0.1, 0.15) is 75.8 Å². The zero-order chi connectivity index (χ0) is 24.3. The van der Waals surface area contributed by atoms with E-state index in [0.717, 1.165) is 49.8 Å². The Balaban J connectivity index is 1.66. The number of esters is 1. The summed E-state index contributed by atoms with van der Waals surface area (Å²) in [5.41, 5.74) is 1.74. The molecular formula is C28H39NO5. The molecule has 0 aromatic heterocycles. The topological polar surface area (TPSA) is 65.1 Å². The molecule has 1 aliphatic heterocycles. The van der Waals surface area contributed by atoms with Gasteiger partial charge in [0.15, 0.2) is 23.0 Å². The molecule has 1 saturated heterocycles. The van der Waals surface area contributed by atoms with E-state index >= 15 is 0 Å². The van der Waals surface area contributed by atoms with E-state index in [0.29, 0.717) is 30.1 Å². The molecule has 0 spiro atoms. The molecular weight excluding hydrogens is 430 g/mol. The van der Waals surface area contributed by atoms with Gasteiger partial charge in [0.05, 0.1) is 14.2 Å². The first-order valence-corrected chi connectivity index (χ1v) is 12.9. The molecule has 1 aromatic carbocycles.